The fourth-order valence-electron chi connectivity index (χ4n) is 9.66. The van der Waals surface area contributed by atoms with Crippen LogP contribution in [0.25, 0.3) is 11.1 Å². The van der Waals surface area contributed by atoms with Crippen molar-refractivity contribution in [1.29, 1.82) is 0 Å². The molecular formula is C55H37NO2. The molecule has 6 aromatic carbocycles. The molecule has 0 amide bonds. The Morgan fingerprint density at radius 2 is 1.05 bits per heavy atom. The summed E-state index contributed by atoms with van der Waals surface area (Å²) in [5.41, 5.74) is 11.7. The second-order valence-electron chi connectivity index (χ2n) is 15.2. The Hall–Kier alpha value is -7.56. The van der Waals surface area contributed by atoms with E-state index in [1.165, 1.54) is 5.56 Å². The van der Waals surface area contributed by atoms with E-state index in [1.807, 2.05) is 60.7 Å². The quantitative estimate of drug-likeness (QED) is 0.170. The fourth-order valence-corrected chi connectivity index (χ4v) is 9.66. The Labute approximate surface area is 340 Å². The maximum atomic E-state index is 14.8. The highest BCUT2D eigenvalue weighted by Crippen LogP contribution is 2.70. The maximum absolute atomic E-state index is 14.8. The summed E-state index contributed by atoms with van der Waals surface area (Å²) in [6.45, 7) is 5.82. The third kappa shape index (κ3) is 5.30. The van der Waals surface area contributed by atoms with Gasteiger partial charge in [-0.1, -0.05) is 102 Å². The minimum Gasteiger partial charge on any atom is -0.353 e. The van der Waals surface area contributed by atoms with E-state index in [4.69, 9.17) is 12.8 Å². The molecule has 2 aliphatic heterocycles. The molecule has 0 N–H and O–H groups in total. The van der Waals surface area contributed by atoms with Gasteiger partial charge in [0.25, 0.3) is 0 Å². The zero-order valence-electron chi connectivity index (χ0n) is 32.5. The van der Waals surface area contributed by atoms with Crippen LogP contribution in [0.2, 0.25) is 0 Å². The summed E-state index contributed by atoms with van der Waals surface area (Å²) in [5, 5.41) is 0. The van der Waals surface area contributed by atoms with Gasteiger partial charge in [-0.3, -0.25) is 9.59 Å². The molecule has 1 spiro atoms. The van der Waals surface area contributed by atoms with Gasteiger partial charge in [0, 0.05) is 52.4 Å². The van der Waals surface area contributed by atoms with Crippen LogP contribution in [-0.4, -0.2) is 23.0 Å². The van der Waals surface area contributed by atoms with Crippen LogP contribution in [0.4, 0.5) is 0 Å². The number of hydrogen-bond donors (Lipinski definition) is 0. The maximum Gasteiger partial charge on any atom is 0.176 e. The lowest BCUT2D eigenvalue weighted by Gasteiger charge is -2.55. The van der Waals surface area contributed by atoms with Gasteiger partial charge in [0.2, 0.25) is 0 Å². The Kier molecular flexibility index (Phi) is 8.64. The van der Waals surface area contributed by atoms with E-state index in [1.54, 1.807) is 13.8 Å². The molecule has 0 radical (unpaired) electrons. The third-order valence-corrected chi connectivity index (χ3v) is 11.9. The molecule has 58 heavy (non-hydrogen) atoms. The van der Waals surface area contributed by atoms with Crippen LogP contribution in [0.1, 0.15) is 80.6 Å². The summed E-state index contributed by atoms with van der Waals surface area (Å²) in [7, 11) is 0. The number of terminal acetylenes is 2. The molecule has 3 heteroatoms. The molecule has 9 rings (SSSR count). The predicted octanol–water partition coefficient (Wildman–Crippen LogP) is 9.27. The van der Waals surface area contributed by atoms with Gasteiger partial charge in [0.05, 0.1) is 11.1 Å². The topological polar surface area (TPSA) is 37.4 Å². The summed E-state index contributed by atoms with van der Waals surface area (Å²) < 4.78 is 0. The summed E-state index contributed by atoms with van der Waals surface area (Å²) in [6.07, 6.45) is 12.0. The van der Waals surface area contributed by atoms with E-state index in [9.17, 15) is 9.59 Å². The van der Waals surface area contributed by atoms with Gasteiger partial charge in [0.1, 0.15) is 5.54 Å². The van der Waals surface area contributed by atoms with Gasteiger partial charge in [-0.05, 0) is 132 Å². The summed E-state index contributed by atoms with van der Waals surface area (Å²) in [5.74, 6) is 18.6. The van der Waals surface area contributed by atoms with Crippen molar-refractivity contribution in [3.8, 4) is 59.5 Å². The van der Waals surface area contributed by atoms with Crippen LogP contribution in [0, 0.1) is 55.3 Å². The van der Waals surface area contributed by atoms with Crippen molar-refractivity contribution in [2.45, 2.75) is 38.1 Å². The first-order valence-corrected chi connectivity index (χ1v) is 19.4. The van der Waals surface area contributed by atoms with Gasteiger partial charge in [0.15, 0.2) is 11.6 Å². The summed E-state index contributed by atoms with van der Waals surface area (Å²) in [4.78, 5) is 31.4. The number of carbonyl (C=O) groups excluding carboxylic acids is 2. The number of Topliss-reactive ketones (excluding diaryl/α,β-unsaturated/α-hetero) is 2. The standard InChI is InChI=1S/C55H37NO2/c1-6-39-14-18-41(19-15-39)22-24-43-26-30-47-48-31-27-44(25-23-42-20-16-40(7-2)17-21-42)35-51(48)54(50(47)34-43)52(37(4)57)53(38(5)58)56-33-32-45-10-8-9-11-49(45)55(54,56)46-28-12-36(3)13-29-46/h1-2,8-21,26-31,34-35H,32-33H2,3-5H3. The third-order valence-electron chi connectivity index (χ3n) is 11.9. The van der Waals surface area contributed by atoms with E-state index in [0.717, 1.165) is 78.7 Å². The minimum atomic E-state index is -1.19. The molecule has 3 aliphatic rings. The van der Waals surface area contributed by atoms with Crippen LogP contribution in [0.15, 0.2) is 145 Å². The second-order valence-corrected chi connectivity index (χ2v) is 15.2. The summed E-state index contributed by atoms with van der Waals surface area (Å²) in [6, 6.07) is 45.0. The van der Waals surface area contributed by atoms with E-state index < -0.39 is 11.0 Å². The molecule has 1 atom stereocenters. The van der Waals surface area contributed by atoms with E-state index in [2.05, 4.69) is 120 Å². The second kappa shape index (κ2) is 13.9. The first-order valence-electron chi connectivity index (χ1n) is 19.4. The van der Waals surface area contributed by atoms with Crippen molar-refractivity contribution in [2.24, 2.45) is 0 Å². The summed E-state index contributed by atoms with van der Waals surface area (Å²) >= 11 is 0. The average Bonchev–Trinajstić information content (AvgIpc) is 3.70. The number of nitrogens with zero attached hydrogens (tertiary/aromatic N) is 1. The van der Waals surface area contributed by atoms with Gasteiger partial charge in [-0.2, -0.15) is 0 Å². The smallest absolute Gasteiger partial charge is 0.176 e. The zero-order valence-corrected chi connectivity index (χ0v) is 32.5. The van der Waals surface area contributed by atoms with Gasteiger partial charge in [-0.15, -0.1) is 12.8 Å². The van der Waals surface area contributed by atoms with Crippen molar-refractivity contribution in [3.63, 3.8) is 0 Å². The van der Waals surface area contributed by atoms with Crippen LogP contribution >= 0.6 is 0 Å². The fraction of sp³-hybridized carbons (Fsp3) is 0.127. The average molecular weight is 744 g/mol. The van der Waals surface area contributed by atoms with Crippen molar-refractivity contribution >= 4 is 11.6 Å². The molecule has 0 aromatic heterocycles. The van der Waals surface area contributed by atoms with Crippen molar-refractivity contribution < 1.29 is 9.59 Å². The lowest BCUT2D eigenvalue weighted by Crippen LogP contribution is -2.59. The first kappa shape index (κ1) is 36.1. The van der Waals surface area contributed by atoms with E-state index >= 15 is 0 Å². The van der Waals surface area contributed by atoms with Crippen LogP contribution in [-0.2, 0) is 27.0 Å². The molecule has 2 heterocycles. The molecule has 0 saturated heterocycles. The lowest BCUT2D eigenvalue weighted by molar-refractivity contribution is -0.117. The van der Waals surface area contributed by atoms with Gasteiger partial charge < -0.3 is 4.90 Å². The predicted molar refractivity (Wildman–Crippen MR) is 231 cm³/mol. The normalized spacial score (nSPS) is 16.3. The number of rotatable bonds is 3. The largest absolute Gasteiger partial charge is 0.353 e. The van der Waals surface area contributed by atoms with Crippen molar-refractivity contribution in [2.75, 3.05) is 6.54 Å². The molecule has 1 aliphatic carbocycles. The Morgan fingerprint density at radius 3 is 1.55 bits per heavy atom. The molecule has 0 bridgehead atoms. The number of carbonyl (C=O) groups is 2. The number of fused-ring (bicyclic) bond motifs is 9. The molecule has 0 saturated carbocycles. The van der Waals surface area contributed by atoms with Crippen LogP contribution in [0.5, 0.6) is 0 Å². The molecular weight excluding hydrogens is 707 g/mol. The SMILES string of the molecule is C#Cc1ccc(C#Cc2ccc3c(c2)C2(C(C(C)=O)=C(C(C)=O)N4CCc5ccccc5C42c2ccc(C)cc2)c2cc(C#Cc4ccc(C#C)cc4)ccc2-3)cc1. The highest BCUT2D eigenvalue weighted by atomic mass is 16.1. The number of aryl methyl sites for hydroxylation is 1. The molecule has 1 unspecified atom stereocenters. The monoisotopic (exact) mass is 743 g/mol. The van der Waals surface area contributed by atoms with Gasteiger partial charge in [-0.25, -0.2) is 0 Å². The zero-order chi connectivity index (χ0) is 40.2. The number of allylic oxidation sites excluding steroid dienone is 1. The van der Waals surface area contributed by atoms with Crippen molar-refractivity contribution in [1.82, 2.24) is 4.90 Å². The van der Waals surface area contributed by atoms with E-state index in [0.29, 0.717) is 17.8 Å². The molecule has 6 aromatic rings. The molecule has 3 nitrogen and oxygen atoms in total. The van der Waals surface area contributed by atoms with Crippen LogP contribution in [0.3, 0.4) is 0 Å². The number of benzene rings is 6. The van der Waals surface area contributed by atoms with Gasteiger partial charge >= 0.3 is 0 Å². The van der Waals surface area contributed by atoms with E-state index in [-0.39, 0.29) is 11.6 Å². The number of ketones is 2. The Bertz CT molecular complexity index is 2850. The Morgan fingerprint density at radius 1 is 0.569 bits per heavy atom. The highest BCUT2D eigenvalue weighted by molar-refractivity contribution is 6.11. The first-order chi connectivity index (χ1) is 28.2. The highest BCUT2D eigenvalue weighted by Gasteiger charge is 2.71. The molecule has 274 valence electrons. The Balaban J connectivity index is 1.41. The van der Waals surface area contributed by atoms with Crippen molar-refractivity contribution in [3.05, 3.63) is 211 Å². The number of hydrogen-bond acceptors (Lipinski definition) is 3. The molecule has 0 fully saturated rings. The lowest BCUT2D eigenvalue weighted by atomic mass is 9.54. The minimum absolute atomic E-state index is 0.148. The van der Waals surface area contributed by atoms with Crippen LogP contribution < -0.4 is 0 Å².